The molecule has 1 aromatic heterocycles. The molecule has 3 rings (SSSR count). The van der Waals surface area contributed by atoms with E-state index in [1.807, 2.05) is 0 Å². The van der Waals surface area contributed by atoms with E-state index in [9.17, 15) is 10.2 Å². The SMILES string of the molecule is COc1ccc(-c2n[nH]c(=S)n2/N=C\c2ccc(O)cc2O)cc1OC. The summed E-state index contributed by atoms with van der Waals surface area (Å²) in [6, 6.07) is 9.53. The highest BCUT2D eigenvalue weighted by molar-refractivity contribution is 7.71. The minimum absolute atomic E-state index is 0.0365. The van der Waals surface area contributed by atoms with Crippen LogP contribution in [0.3, 0.4) is 0 Å². The van der Waals surface area contributed by atoms with E-state index in [0.717, 1.165) is 0 Å². The number of nitrogens with one attached hydrogen (secondary N) is 1. The molecule has 0 fully saturated rings. The number of hydrogen-bond donors (Lipinski definition) is 3. The van der Waals surface area contributed by atoms with Gasteiger partial charge in [-0.15, -0.1) is 0 Å². The van der Waals surface area contributed by atoms with Gasteiger partial charge in [0, 0.05) is 17.2 Å². The Morgan fingerprint density at radius 3 is 2.58 bits per heavy atom. The minimum atomic E-state index is -0.101. The number of phenolic OH excluding ortho intramolecular Hbond substituents is 2. The predicted molar refractivity (Wildman–Crippen MR) is 98.7 cm³/mol. The van der Waals surface area contributed by atoms with E-state index in [4.69, 9.17) is 21.7 Å². The van der Waals surface area contributed by atoms with Crippen molar-refractivity contribution in [2.75, 3.05) is 14.2 Å². The number of H-pyrrole nitrogens is 1. The van der Waals surface area contributed by atoms with Crippen LogP contribution in [0.5, 0.6) is 23.0 Å². The second-order valence-electron chi connectivity index (χ2n) is 5.22. The molecule has 0 radical (unpaired) electrons. The molecule has 3 aromatic rings. The van der Waals surface area contributed by atoms with Crippen molar-refractivity contribution in [3.63, 3.8) is 0 Å². The molecule has 134 valence electrons. The quantitative estimate of drug-likeness (QED) is 0.470. The number of phenols is 2. The molecule has 0 aliphatic carbocycles. The Labute approximate surface area is 154 Å². The lowest BCUT2D eigenvalue weighted by Crippen LogP contribution is -1.97. The first-order valence-corrected chi connectivity index (χ1v) is 7.90. The van der Waals surface area contributed by atoms with Crippen molar-refractivity contribution in [2.45, 2.75) is 0 Å². The van der Waals surface area contributed by atoms with Crippen molar-refractivity contribution in [1.82, 2.24) is 14.9 Å². The fourth-order valence-electron chi connectivity index (χ4n) is 2.32. The van der Waals surface area contributed by atoms with Crippen LogP contribution < -0.4 is 9.47 Å². The highest BCUT2D eigenvalue weighted by atomic mass is 32.1. The third-order valence-electron chi connectivity index (χ3n) is 3.62. The Morgan fingerprint density at radius 1 is 1.12 bits per heavy atom. The zero-order valence-corrected chi connectivity index (χ0v) is 14.8. The Morgan fingerprint density at radius 2 is 1.88 bits per heavy atom. The van der Waals surface area contributed by atoms with E-state index in [0.29, 0.717) is 28.5 Å². The lowest BCUT2D eigenvalue weighted by atomic mass is 10.2. The number of ether oxygens (including phenoxy) is 2. The van der Waals surface area contributed by atoms with E-state index >= 15 is 0 Å². The largest absolute Gasteiger partial charge is 0.508 e. The van der Waals surface area contributed by atoms with E-state index in [1.165, 1.54) is 29.1 Å². The Bertz CT molecular complexity index is 1030. The van der Waals surface area contributed by atoms with Crippen molar-refractivity contribution < 1.29 is 19.7 Å². The summed E-state index contributed by atoms with van der Waals surface area (Å²) in [5.41, 5.74) is 1.13. The number of aromatic amines is 1. The van der Waals surface area contributed by atoms with Gasteiger partial charge < -0.3 is 19.7 Å². The van der Waals surface area contributed by atoms with Gasteiger partial charge in [0.2, 0.25) is 4.77 Å². The van der Waals surface area contributed by atoms with E-state index in [1.54, 1.807) is 32.4 Å². The maximum absolute atomic E-state index is 9.86. The van der Waals surface area contributed by atoms with Crippen LogP contribution in [-0.4, -0.2) is 45.5 Å². The average Bonchev–Trinajstić information content (AvgIpc) is 3.01. The molecule has 3 N–H and O–H groups in total. The van der Waals surface area contributed by atoms with E-state index < -0.39 is 0 Å². The van der Waals surface area contributed by atoms with Crippen LogP contribution >= 0.6 is 12.2 Å². The first-order valence-electron chi connectivity index (χ1n) is 7.49. The lowest BCUT2D eigenvalue weighted by Gasteiger charge is -2.09. The fraction of sp³-hybridized carbons (Fsp3) is 0.118. The molecule has 0 aliphatic rings. The van der Waals surface area contributed by atoms with E-state index in [-0.39, 0.29) is 16.3 Å². The Hall–Kier alpha value is -3.33. The normalized spacial score (nSPS) is 11.0. The van der Waals surface area contributed by atoms with Crippen LogP contribution in [0.1, 0.15) is 5.56 Å². The molecular weight excluding hydrogens is 356 g/mol. The molecule has 2 aromatic carbocycles. The fourth-order valence-corrected chi connectivity index (χ4v) is 2.50. The van der Waals surface area contributed by atoms with Gasteiger partial charge >= 0.3 is 0 Å². The molecule has 0 bridgehead atoms. The summed E-state index contributed by atoms with van der Waals surface area (Å²) in [4.78, 5) is 0. The number of aromatic hydroxyl groups is 2. The molecule has 0 saturated carbocycles. The number of benzene rings is 2. The van der Waals surface area contributed by atoms with Crippen molar-refractivity contribution in [3.8, 4) is 34.4 Å². The van der Waals surface area contributed by atoms with Crippen molar-refractivity contribution in [1.29, 1.82) is 0 Å². The summed E-state index contributed by atoms with van der Waals surface area (Å²) in [5.74, 6) is 1.47. The summed E-state index contributed by atoms with van der Waals surface area (Å²) in [5, 5.41) is 30.4. The molecule has 8 nitrogen and oxygen atoms in total. The summed E-state index contributed by atoms with van der Waals surface area (Å²) in [6.45, 7) is 0. The van der Waals surface area contributed by atoms with Crippen LogP contribution in [0.4, 0.5) is 0 Å². The summed E-state index contributed by atoms with van der Waals surface area (Å²) in [7, 11) is 3.10. The second-order valence-corrected chi connectivity index (χ2v) is 5.61. The molecule has 0 aliphatic heterocycles. The predicted octanol–water partition coefficient (Wildman–Crippen LogP) is 2.92. The van der Waals surface area contributed by atoms with Gasteiger partial charge in [0.1, 0.15) is 11.5 Å². The highest BCUT2D eigenvalue weighted by Crippen LogP contribution is 2.31. The van der Waals surface area contributed by atoms with Crippen LogP contribution in [0.25, 0.3) is 11.4 Å². The molecule has 0 atom stereocenters. The monoisotopic (exact) mass is 372 g/mol. The van der Waals surface area contributed by atoms with Gasteiger partial charge in [-0.05, 0) is 42.5 Å². The van der Waals surface area contributed by atoms with Crippen molar-refractivity contribution in [2.24, 2.45) is 5.10 Å². The van der Waals surface area contributed by atoms with Crippen molar-refractivity contribution in [3.05, 3.63) is 46.7 Å². The Kier molecular flexibility index (Phi) is 4.90. The van der Waals surface area contributed by atoms with Gasteiger partial charge in [0.25, 0.3) is 0 Å². The topological polar surface area (TPSA) is 105 Å². The highest BCUT2D eigenvalue weighted by Gasteiger charge is 2.12. The number of hydrogen-bond acceptors (Lipinski definition) is 7. The molecule has 0 unspecified atom stereocenters. The first-order chi connectivity index (χ1) is 12.5. The minimum Gasteiger partial charge on any atom is -0.508 e. The van der Waals surface area contributed by atoms with Gasteiger partial charge in [-0.3, -0.25) is 0 Å². The van der Waals surface area contributed by atoms with E-state index in [2.05, 4.69) is 15.3 Å². The maximum Gasteiger partial charge on any atom is 0.216 e. The van der Waals surface area contributed by atoms with Crippen LogP contribution in [0, 0.1) is 4.77 Å². The maximum atomic E-state index is 9.86. The zero-order valence-electron chi connectivity index (χ0n) is 14.0. The average molecular weight is 372 g/mol. The zero-order chi connectivity index (χ0) is 18.7. The summed E-state index contributed by atoms with van der Waals surface area (Å²) in [6.07, 6.45) is 1.42. The van der Waals surface area contributed by atoms with Crippen LogP contribution in [0.2, 0.25) is 0 Å². The Balaban J connectivity index is 2.02. The number of rotatable bonds is 5. The van der Waals surface area contributed by atoms with Gasteiger partial charge in [-0.2, -0.15) is 14.9 Å². The molecule has 0 spiro atoms. The third-order valence-corrected chi connectivity index (χ3v) is 3.88. The smallest absolute Gasteiger partial charge is 0.216 e. The lowest BCUT2D eigenvalue weighted by molar-refractivity contribution is 0.355. The van der Waals surface area contributed by atoms with Gasteiger partial charge in [-0.1, -0.05) is 0 Å². The van der Waals surface area contributed by atoms with Gasteiger partial charge in [0.05, 0.1) is 20.4 Å². The number of aromatic nitrogens is 3. The molecule has 0 amide bonds. The molecule has 26 heavy (non-hydrogen) atoms. The molecule has 1 heterocycles. The van der Waals surface area contributed by atoms with Crippen LogP contribution in [0.15, 0.2) is 41.5 Å². The molecule has 0 saturated heterocycles. The van der Waals surface area contributed by atoms with Gasteiger partial charge in [-0.25, -0.2) is 5.10 Å². The molecule has 9 heteroatoms. The standard InChI is InChI=1S/C17H16N4O4S/c1-24-14-6-4-10(7-15(14)25-2)16-19-20-17(26)21(16)18-9-11-3-5-12(22)8-13(11)23/h3-9,22-23H,1-2H3,(H,20,26)/b18-9-. The number of methoxy groups -OCH3 is 2. The third kappa shape index (κ3) is 3.38. The van der Waals surface area contributed by atoms with Crippen LogP contribution in [-0.2, 0) is 0 Å². The summed E-state index contributed by atoms with van der Waals surface area (Å²) < 4.78 is 12.2. The molecular formula is C17H16N4O4S. The summed E-state index contributed by atoms with van der Waals surface area (Å²) >= 11 is 5.22. The van der Waals surface area contributed by atoms with Gasteiger partial charge in [0.15, 0.2) is 17.3 Å². The number of nitrogens with zero attached hydrogens (tertiary/aromatic N) is 3. The second kappa shape index (κ2) is 7.28. The van der Waals surface area contributed by atoms with Crippen molar-refractivity contribution >= 4 is 18.4 Å². The first kappa shape index (κ1) is 17.5.